The average molecular weight is 475 g/mol. The van der Waals surface area contributed by atoms with E-state index < -0.39 is 12.1 Å². The monoisotopic (exact) mass is 474 g/mol. The summed E-state index contributed by atoms with van der Waals surface area (Å²) in [7, 11) is 0. The highest BCUT2D eigenvalue weighted by Crippen LogP contribution is 2.45. The summed E-state index contributed by atoms with van der Waals surface area (Å²) in [6.45, 7) is 0. The van der Waals surface area contributed by atoms with Gasteiger partial charge in [-0.3, -0.25) is 14.7 Å². The third-order valence-corrected chi connectivity index (χ3v) is 7.15. The van der Waals surface area contributed by atoms with Crippen molar-refractivity contribution in [3.8, 4) is 0 Å². The molecule has 0 N–H and O–H groups in total. The van der Waals surface area contributed by atoms with Crippen LogP contribution in [0.5, 0.6) is 0 Å². The van der Waals surface area contributed by atoms with Gasteiger partial charge in [0, 0.05) is 11.9 Å². The van der Waals surface area contributed by atoms with Gasteiger partial charge in [0.1, 0.15) is 11.1 Å². The first kappa shape index (κ1) is 21.5. The molecule has 5 rings (SSSR count). The number of hydrogen-bond donors (Lipinski definition) is 0. The van der Waals surface area contributed by atoms with Gasteiger partial charge >= 0.3 is 5.97 Å². The minimum atomic E-state index is -0.621. The van der Waals surface area contributed by atoms with Gasteiger partial charge in [0.05, 0.1) is 16.3 Å². The highest BCUT2D eigenvalue weighted by atomic mass is 35.5. The smallest absolute Gasteiger partial charge is 0.357 e. The standard InChI is InChI=1S/C26H19ClN2O3S/c27-21-16-33-25-20(15-19-13-7-8-14-28-19)24(30)29(25)22(21)26(31)32-23(17-9-3-1-4-10-17)18-11-5-2-6-12-18/h1-15,23,25H,16H2/b20-15+. The number of carbonyl (C=O) groups excluding carboxylic acids is 2. The van der Waals surface area contributed by atoms with Crippen molar-refractivity contribution in [2.75, 3.05) is 5.75 Å². The number of amides is 1. The highest BCUT2D eigenvalue weighted by molar-refractivity contribution is 8.00. The Hall–Kier alpha value is -3.35. The van der Waals surface area contributed by atoms with Crippen LogP contribution in [0.25, 0.3) is 6.08 Å². The largest absolute Gasteiger partial charge is 0.448 e. The Kier molecular flexibility index (Phi) is 6.03. The SMILES string of the molecule is O=C(OC(c1ccccc1)c1ccccc1)C1=C(Cl)CSC2/C(=C/c3ccccn3)C(=O)N12. The second-order valence-electron chi connectivity index (χ2n) is 7.55. The molecule has 3 aromatic rings. The molecule has 0 aliphatic carbocycles. The molecule has 1 saturated heterocycles. The molecule has 5 nitrogen and oxygen atoms in total. The summed E-state index contributed by atoms with van der Waals surface area (Å²) in [5.41, 5.74) is 3.07. The molecule has 0 radical (unpaired) electrons. The van der Waals surface area contributed by atoms with E-state index in [4.69, 9.17) is 16.3 Å². The molecule has 1 atom stereocenters. The highest BCUT2D eigenvalue weighted by Gasteiger charge is 2.50. The third-order valence-electron chi connectivity index (χ3n) is 5.45. The molecule has 0 saturated carbocycles. The second-order valence-corrected chi connectivity index (χ2v) is 9.08. The molecule has 1 amide bonds. The van der Waals surface area contributed by atoms with Gasteiger partial charge < -0.3 is 4.74 Å². The Morgan fingerprint density at radius 3 is 2.27 bits per heavy atom. The molecule has 0 spiro atoms. The molecule has 3 heterocycles. The lowest BCUT2D eigenvalue weighted by molar-refractivity contribution is -0.149. The molecular weight excluding hydrogens is 456 g/mol. The Bertz CT molecular complexity index is 1210. The molecule has 164 valence electrons. The van der Waals surface area contributed by atoms with Crippen molar-refractivity contribution in [2.24, 2.45) is 0 Å². The minimum absolute atomic E-state index is 0.112. The molecule has 0 bridgehead atoms. The summed E-state index contributed by atoms with van der Waals surface area (Å²) >= 11 is 7.95. The van der Waals surface area contributed by atoms with E-state index in [1.54, 1.807) is 12.3 Å². The molecule has 1 unspecified atom stereocenters. The Morgan fingerprint density at radius 1 is 1.03 bits per heavy atom. The zero-order valence-corrected chi connectivity index (χ0v) is 19.0. The maximum atomic E-state index is 13.4. The number of nitrogens with zero attached hydrogens (tertiary/aromatic N) is 2. The number of thioether (sulfide) groups is 1. The van der Waals surface area contributed by atoms with Crippen LogP contribution in [0.3, 0.4) is 0 Å². The van der Waals surface area contributed by atoms with E-state index in [2.05, 4.69) is 4.98 Å². The van der Waals surface area contributed by atoms with Gasteiger partial charge in [-0.05, 0) is 29.3 Å². The average Bonchev–Trinajstić information content (AvgIpc) is 2.87. The number of hydrogen-bond acceptors (Lipinski definition) is 5. The van der Waals surface area contributed by atoms with Gasteiger partial charge in [-0.25, -0.2) is 4.79 Å². The van der Waals surface area contributed by atoms with Crippen molar-refractivity contribution in [3.05, 3.63) is 118 Å². The predicted molar refractivity (Wildman–Crippen MR) is 129 cm³/mol. The van der Waals surface area contributed by atoms with Crippen LogP contribution in [0, 0.1) is 0 Å². The first-order valence-corrected chi connectivity index (χ1v) is 11.8. The molecular formula is C26H19ClN2O3S. The van der Waals surface area contributed by atoms with Crippen molar-refractivity contribution in [3.63, 3.8) is 0 Å². The number of benzene rings is 2. The summed E-state index contributed by atoms with van der Waals surface area (Å²) in [5, 5.41) is 0.0165. The Morgan fingerprint density at radius 2 is 1.67 bits per heavy atom. The fourth-order valence-electron chi connectivity index (χ4n) is 3.87. The number of β-lactam (4-membered cyclic amide) rings is 1. The molecule has 2 aliphatic rings. The van der Waals surface area contributed by atoms with E-state index in [1.165, 1.54) is 16.7 Å². The number of ether oxygens (including phenoxy) is 1. The number of rotatable bonds is 5. The topological polar surface area (TPSA) is 59.5 Å². The van der Waals surface area contributed by atoms with E-state index in [9.17, 15) is 9.59 Å². The Labute approximate surface area is 200 Å². The third kappa shape index (κ3) is 4.19. The van der Waals surface area contributed by atoms with E-state index in [0.717, 1.165) is 11.1 Å². The number of esters is 1. The lowest BCUT2D eigenvalue weighted by Crippen LogP contribution is -2.56. The van der Waals surface area contributed by atoms with Gasteiger partial charge in [-0.1, -0.05) is 78.3 Å². The number of pyridine rings is 1. The summed E-state index contributed by atoms with van der Waals surface area (Å²) in [4.78, 5) is 32.1. The van der Waals surface area contributed by atoms with Crippen molar-refractivity contribution in [1.82, 2.24) is 9.88 Å². The lowest BCUT2D eigenvalue weighted by Gasteiger charge is -2.45. The van der Waals surface area contributed by atoms with Crippen molar-refractivity contribution in [1.29, 1.82) is 0 Å². The van der Waals surface area contributed by atoms with Gasteiger partial charge in [-0.15, -0.1) is 11.8 Å². The zero-order valence-electron chi connectivity index (χ0n) is 17.4. The summed E-state index contributed by atoms with van der Waals surface area (Å²) in [5.74, 6) is -0.464. The molecule has 1 fully saturated rings. The lowest BCUT2D eigenvalue weighted by atomic mass is 10.0. The first-order chi connectivity index (χ1) is 16.1. The molecule has 2 aromatic carbocycles. The van der Waals surface area contributed by atoms with Crippen LogP contribution in [0.15, 0.2) is 101 Å². The quantitative estimate of drug-likeness (QED) is 0.290. The van der Waals surface area contributed by atoms with Crippen LogP contribution in [0.1, 0.15) is 22.9 Å². The van der Waals surface area contributed by atoms with Crippen LogP contribution < -0.4 is 0 Å². The van der Waals surface area contributed by atoms with Crippen molar-refractivity contribution >= 4 is 41.3 Å². The van der Waals surface area contributed by atoms with Crippen molar-refractivity contribution in [2.45, 2.75) is 11.5 Å². The fourth-order valence-corrected chi connectivity index (χ4v) is 5.37. The summed E-state index contributed by atoms with van der Waals surface area (Å²) < 4.78 is 5.97. The van der Waals surface area contributed by atoms with E-state index in [0.29, 0.717) is 22.1 Å². The summed E-state index contributed by atoms with van der Waals surface area (Å²) in [6.07, 6.45) is 2.81. The molecule has 33 heavy (non-hydrogen) atoms. The molecule has 1 aromatic heterocycles. The van der Waals surface area contributed by atoms with Crippen LogP contribution in [-0.4, -0.2) is 32.9 Å². The van der Waals surface area contributed by atoms with Gasteiger partial charge in [0.15, 0.2) is 6.10 Å². The zero-order chi connectivity index (χ0) is 22.8. The second kappa shape index (κ2) is 9.25. The maximum absolute atomic E-state index is 13.4. The maximum Gasteiger partial charge on any atom is 0.357 e. The number of carbonyl (C=O) groups is 2. The first-order valence-electron chi connectivity index (χ1n) is 10.4. The fraction of sp³-hybridized carbons (Fsp3) is 0.115. The van der Waals surface area contributed by atoms with Crippen LogP contribution in [-0.2, 0) is 14.3 Å². The Balaban J connectivity index is 1.43. The number of fused-ring (bicyclic) bond motifs is 1. The van der Waals surface area contributed by atoms with Crippen molar-refractivity contribution < 1.29 is 14.3 Å². The molecule has 7 heteroatoms. The normalized spacial score (nSPS) is 18.8. The van der Waals surface area contributed by atoms with Crippen LogP contribution in [0.4, 0.5) is 0 Å². The summed E-state index contributed by atoms with van der Waals surface area (Å²) in [6, 6.07) is 24.5. The molecule has 2 aliphatic heterocycles. The van der Waals surface area contributed by atoms with Gasteiger partial charge in [0.2, 0.25) is 0 Å². The van der Waals surface area contributed by atoms with Crippen LogP contribution >= 0.6 is 23.4 Å². The van der Waals surface area contributed by atoms with E-state index in [1.807, 2.05) is 78.9 Å². The van der Waals surface area contributed by atoms with E-state index >= 15 is 0 Å². The van der Waals surface area contributed by atoms with Gasteiger partial charge in [-0.2, -0.15) is 0 Å². The van der Waals surface area contributed by atoms with Crippen LogP contribution in [0.2, 0.25) is 0 Å². The minimum Gasteiger partial charge on any atom is -0.448 e. The van der Waals surface area contributed by atoms with E-state index in [-0.39, 0.29) is 17.0 Å². The number of aromatic nitrogens is 1. The predicted octanol–water partition coefficient (Wildman–Crippen LogP) is 5.16. The van der Waals surface area contributed by atoms with Gasteiger partial charge in [0.25, 0.3) is 5.91 Å². The number of halogens is 1.